The number of methoxy groups -OCH3 is 1. The van der Waals surface area contributed by atoms with Gasteiger partial charge < -0.3 is 19.7 Å². The SMILES string of the molecule is CN=C(NCC(C)c1cccc(C)c1)N1CCC(COCCOC)C1. The number of nitrogens with one attached hydrogen (secondary N) is 1. The van der Waals surface area contributed by atoms with Gasteiger partial charge in [0.05, 0.1) is 19.8 Å². The summed E-state index contributed by atoms with van der Waals surface area (Å²) >= 11 is 0. The van der Waals surface area contributed by atoms with E-state index in [1.165, 1.54) is 11.1 Å². The Morgan fingerprint density at radius 3 is 2.96 bits per heavy atom. The van der Waals surface area contributed by atoms with E-state index in [0.717, 1.165) is 38.6 Å². The highest BCUT2D eigenvalue weighted by atomic mass is 16.5. The van der Waals surface area contributed by atoms with Gasteiger partial charge >= 0.3 is 0 Å². The van der Waals surface area contributed by atoms with Crippen LogP contribution < -0.4 is 5.32 Å². The van der Waals surface area contributed by atoms with Gasteiger partial charge in [0.1, 0.15) is 0 Å². The van der Waals surface area contributed by atoms with E-state index in [9.17, 15) is 0 Å². The van der Waals surface area contributed by atoms with Crippen LogP contribution in [0.1, 0.15) is 30.4 Å². The van der Waals surface area contributed by atoms with Crippen molar-refractivity contribution < 1.29 is 9.47 Å². The molecule has 1 aliphatic rings. The van der Waals surface area contributed by atoms with E-state index < -0.39 is 0 Å². The Morgan fingerprint density at radius 1 is 1.40 bits per heavy atom. The highest BCUT2D eigenvalue weighted by Gasteiger charge is 2.25. The first-order valence-electron chi connectivity index (χ1n) is 9.23. The molecule has 2 unspecified atom stereocenters. The molecule has 1 saturated heterocycles. The van der Waals surface area contributed by atoms with E-state index in [4.69, 9.17) is 9.47 Å². The molecule has 2 atom stereocenters. The Hall–Kier alpha value is -1.59. The number of rotatable bonds is 8. The highest BCUT2D eigenvalue weighted by molar-refractivity contribution is 5.80. The second kappa shape index (κ2) is 10.4. The summed E-state index contributed by atoms with van der Waals surface area (Å²) in [6, 6.07) is 8.73. The summed E-state index contributed by atoms with van der Waals surface area (Å²) in [5, 5.41) is 3.54. The molecule has 25 heavy (non-hydrogen) atoms. The molecule has 1 fully saturated rings. The van der Waals surface area contributed by atoms with Crippen LogP contribution in [0.15, 0.2) is 29.3 Å². The van der Waals surface area contributed by atoms with Crippen molar-refractivity contribution in [1.82, 2.24) is 10.2 Å². The van der Waals surface area contributed by atoms with E-state index >= 15 is 0 Å². The summed E-state index contributed by atoms with van der Waals surface area (Å²) in [6.45, 7) is 9.47. The van der Waals surface area contributed by atoms with Crippen molar-refractivity contribution in [2.75, 3.05) is 53.6 Å². The zero-order valence-corrected chi connectivity index (χ0v) is 16.1. The van der Waals surface area contributed by atoms with Crippen molar-refractivity contribution >= 4 is 5.96 Å². The monoisotopic (exact) mass is 347 g/mol. The van der Waals surface area contributed by atoms with Gasteiger partial charge in [-0.25, -0.2) is 0 Å². The van der Waals surface area contributed by atoms with Gasteiger partial charge in [0.2, 0.25) is 0 Å². The molecule has 1 aromatic carbocycles. The van der Waals surface area contributed by atoms with Crippen molar-refractivity contribution in [1.29, 1.82) is 0 Å². The first-order chi connectivity index (χ1) is 12.1. The molecule has 1 N–H and O–H groups in total. The molecule has 1 heterocycles. The molecule has 0 aromatic heterocycles. The Balaban J connectivity index is 1.77. The van der Waals surface area contributed by atoms with Gasteiger partial charge in [-0.15, -0.1) is 0 Å². The lowest BCUT2D eigenvalue weighted by Gasteiger charge is -2.23. The smallest absolute Gasteiger partial charge is 0.193 e. The quantitative estimate of drug-likeness (QED) is 0.446. The van der Waals surface area contributed by atoms with Gasteiger partial charge in [-0.2, -0.15) is 0 Å². The lowest BCUT2D eigenvalue weighted by Crippen LogP contribution is -2.41. The molecular weight excluding hydrogens is 314 g/mol. The minimum Gasteiger partial charge on any atom is -0.382 e. The molecule has 0 bridgehead atoms. The predicted molar refractivity (Wildman–Crippen MR) is 103 cm³/mol. The number of benzene rings is 1. The standard InChI is InChI=1S/C20H33N3O2/c1-16-6-5-7-19(12-16)17(2)13-22-20(21-3)23-9-8-18(14-23)15-25-11-10-24-4/h5-7,12,17-18H,8-11,13-15H2,1-4H3,(H,21,22). The second-order valence-corrected chi connectivity index (χ2v) is 6.91. The topological polar surface area (TPSA) is 46.1 Å². The largest absolute Gasteiger partial charge is 0.382 e. The number of likely N-dealkylation sites (tertiary alicyclic amines) is 1. The summed E-state index contributed by atoms with van der Waals surface area (Å²) < 4.78 is 10.7. The van der Waals surface area contributed by atoms with Crippen LogP contribution >= 0.6 is 0 Å². The van der Waals surface area contributed by atoms with Crippen LogP contribution in [0.4, 0.5) is 0 Å². The Kier molecular flexibility index (Phi) is 8.22. The first kappa shape index (κ1) is 19.7. The molecular formula is C20H33N3O2. The molecule has 0 aliphatic carbocycles. The average molecular weight is 348 g/mol. The lowest BCUT2D eigenvalue weighted by atomic mass is 9.99. The number of ether oxygens (including phenoxy) is 2. The molecule has 2 rings (SSSR count). The summed E-state index contributed by atoms with van der Waals surface area (Å²) in [5.74, 6) is 2.02. The number of guanidine groups is 1. The van der Waals surface area contributed by atoms with Crippen molar-refractivity contribution in [3.63, 3.8) is 0 Å². The zero-order valence-electron chi connectivity index (χ0n) is 16.1. The molecule has 0 saturated carbocycles. The van der Waals surface area contributed by atoms with Crippen LogP contribution in [0.3, 0.4) is 0 Å². The van der Waals surface area contributed by atoms with E-state index in [1.54, 1.807) is 7.11 Å². The normalized spacial score (nSPS) is 19.3. The Morgan fingerprint density at radius 2 is 2.24 bits per heavy atom. The number of hydrogen-bond donors (Lipinski definition) is 1. The van der Waals surface area contributed by atoms with Gasteiger partial charge in [-0.1, -0.05) is 36.8 Å². The van der Waals surface area contributed by atoms with Crippen LogP contribution in [0, 0.1) is 12.8 Å². The summed E-state index contributed by atoms with van der Waals surface area (Å²) in [7, 11) is 3.57. The van der Waals surface area contributed by atoms with E-state index in [2.05, 4.69) is 53.3 Å². The average Bonchev–Trinajstić information content (AvgIpc) is 3.08. The highest BCUT2D eigenvalue weighted by Crippen LogP contribution is 2.18. The van der Waals surface area contributed by atoms with Gasteiger partial charge in [0.15, 0.2) is 5.96 Å². The summed E-state index contributed by atoms with van der Waals surface area (Å²) in [6.07, 6.45) is 1.15. The minimum absolute atomic E-state index is 0.451. The van der Waals surface area contributed by atoms with Gasteiger partial charge in [-0.05, 0) is 24.8 Å². The molecule has 140 valence electrons. The van der Waals surface area contributed by atoms with Crippen LogP contribution in [0.5, 0.6) is 0 Å². The number of hydrogen-bond acceptors (Lipinski definition) is 3. The fraction of sp³-hybridized carbons (Fsp3) is 0.650. The number of nitrogens with zero attached hydrogens (tertiary/aromatic N) is 2. The van der Waals surface area contributed by atoms with Crippen LogP contribution in [-0.4, -0.2) is 64.5 Å². The van der Waals surface area contributed by atoms with Gasteiger partial charge in [0, 0.05) is 39.7 Å². The molecule has 5 heteroatoms. The van der Waals surface area contributed by atoms with Crippen LogP contribution in [0.25, 0.3) is 0 Å². The minimum atomic E-state index is 0.451. The summed E-state index contributed by atoms with van der Waals surface area (Å²) in [5.41, 5.74) is 2.68. The zero-order chi connectivity index (χ0) is 18.1. The van der Waals surface area contributed by atoms with Gasteiger partial charge in [-0.3, -0.25) is 4.99 Å². The molecule has 0 amide bonds. The van der Waals surface area contributed by atoms with E-state index in [1.807, 2.05) is 7.05 Å². The maximum absolute atomic E-state index is 5.67. The molecule has 0 radical (unpaired) electrons. The van der Waals surface area contributed by atoms with Crippen LogP contribution in [0.2, 0.25) is 0 Å². The van der Waals surface area contributed by atoms with Crippen molar-refractivity contribution in [2.45, 2.75) is 26.2 Å². The fourth-order valence-electron chi connectivity index (χ4n) is 3.22. The third-order valence-corrected chi connectivity index (χ3v) is 4.76. The maximum Gasteiger partial charge on any atom is 0.193 e. The summed E-state index contributed by atoms with van der Waals surface area (Å²) in [4.78, 5) is 6.81. The third kappa shape index (κ3) is 6.33. The van der Waals surface area contributed by atoms with Crippen molar-refractivity contribution in [2.24, 2.45) is 10.9 Å². The number of aryl methyl sites for hydroxylation is 1. The first-order valence-corrected chi connectivity index (χ1v) is 9.23. The fourth-order valence-corrected chi connectivity index (χ4v) is 3.22. The maximum atomic E-state index is 5.67. The Bertz CT molecular complexity index is 547. The van der Waals surface area contributed by atoms with Gasteiger partial charge in [0.25, 0.3) is 0 Å². The van der Waals surface area contributed by atoms with Crippen LogP contribution in [-0.2, 0) is 9.47 Å². The second-order valence-electron chi connectivity index (χ2n) is 6.91. The molecule has 0 spiro atoms. The molecule has 1 aliphatic heterocycles. The molecule has 1 aromatic rings. The lowest BCUT2D eigenvalue weighted by molar-refractivity contribution is 0.0536. The predicted octanol–water partition coefficient (Wildman–Crippen LogP) is 2.66. The third-order valence-electron chi connectivity index (χ3n) is 4.76. The van der Waals surface area contributed by atoms with Crippen molar-refractivity contribution in [3.05, 3.63) is 35.4 Å². The van der Waals surface area contributed by atoms with Crippen molar-refractivity contribution in [3.8, 4) is 0 Å². The molecule has 5 nitrogen and oxygen atoms in total. The Labute approximate surface area is 152 Å². The van der Waals surface area contributed by atoms with E-state index in [-0.39, 0.29) is 0 Å². The number of aliphatic imine (C=N–C) groups is 1. The van der Waals surface area contributed by atoms with E-state index in [0.29, 0.717) is 25.0 Å².